The number of halogens is 3. The molecule has 21 heavy (non-hydrogen) atoms. The fourth-order valence-electron chi connectivity index (χ4n) is 2.24. The first-order chi connectivity index (χ1) is 9.91. The van der Waals surface area contributed by atoms with Crippen LogP contribution in [0.25, 0.3) is 0 Å². The van der Waals surface area contributed by atoms with Crippen LogP contribution >= 0.6 is 34.8 Å². The number of rotatable bonds is 7. The average molecular weight is 350 g/mol. The maximum atomic E-state index is 11.9. The van der Waals surface area contributed by atoms with Crippen molar-refractivity contribution < 1.29 is 9.53 Å². The molecule has 1 fully saturated rings. The topological polar surface area (TPSA) is 26.3 Å². The lowest BCUT2D eigenvalue weighted by Crippen LogP contribution is -2.07. The van der Waals surface area contributed by atoms with Gasteiger partial charge in [0, 0.05) is 5.02 Å². The van der Waals surface area contributed by atoms with E-state index in [9.17, 15) is 4.79 Å². The lowest BCUT2D eigenvalue weighted by atomic mass is 10.0. The summed E-state index contributed by atoms with van der Waals surface area (Å²) >= 11 is 17.7. The lowest BCUT2D eigenvalue weighted by molar-refractivity contribution is 0.0497. The summed E-state index contributed by atoms with van der Waals surface area (Å²) < 4.78 is 5.23. The number of benzene rings is 1. The van der Waals surface area contributed by atoms with Crippen LogP contribution in [-0.4, -0.2) is 12.6 Å². The first kappa shape index (κ1) is 16.9. The first-order valence-electron chi connectivity index (χ1n) is 7.23. The molecule has 0 amide bonds. The van der Waals surface area contributed by atoms with E-state index in [4.69, 9.17) is 39.5 Å². The molecule has 0 atom stereocenters. The molecule has 0 heterocycles. The number of ether oxygens (including phenoxy) is 1. The minimum Gasteiger partial charge on any atom is -0.462 e. The van der Waals surface area contributed by atoms with Crippen LogP contribution in [0.2, 0.25) is 15.1 Å². The van der Waals surface area contributed by atoms with E-state index < -0.39 is 5.97 Å². The zero-order valence-electron chi connectivity index (χ0n) is 12.1. The fourth-order valence-corrected chi connectivity index (χ4v) is 2.92. The van der Waals surface area contributed by atoms with Crippen molar-refractivity contribution in [3.05, 3.63) is 32.8 Å². The second kappa shape index (κ2) is 7.21. The van der Waals surface area contributed by atoms with Crippen LogP contribution in [-0.2, 0) is 4.74 Å². The van der Waals surface area contributed by atoms with E-state index in [2.05, 4.69) is 6.92 Å². The highest BCUT2D eigenvalue weighted by Gasteiger charge is 2.35. The van der Waals surface area contributed by atoms with Gasteiger partial charge in [0.2, 0.25) is 0 Å². The molecule has 2 nitrogen and oxygen atoms in total. The van der Waals surface area contributed by atoms with Crippen LogP contribution in [0.1, 0.15) is 55.8 Å². The van der Waals surface area contributed by atoms with Gasteiger partial charge in [0.1, 0.15) is 0 Å². The van der Waals surface area contributed by atoms with Gasteiger partial charge in [-0.25, -0.2) is 4.79 Å². The van der Waals surface area contributed by atoms with E-state index in [0.29, 0.717) is 17.0 Å². The van der Waals surface area contributed by atoms with Crippen molar-refractivity contribution in [2.45, 2.75) is 45.4 Å². The third-order valence-electron chi connectivity index (χ3n) is 3.97. The third kappa shape index (κ3) is 5.05. The van der Waals surface area contributed by atoms with E-state index >= 15 is 0 Å². The summed E-state index contributed by atoms with van der Waals surface area (Å²) in [6.07, 6.45) is 7.13. The van der Waals surface area contributed by atoms with Crippen molar-refractivity contribution in [1.29, 1.82) is 0 Å². The van der Waals surface area contributed by atoms with Gasteiger partial charge in [-0.15, -0.1) is 0 Å². The number of hydrogen-bond donors (Lipinski definition) is 0. The van der Waals surface area contributed by atoms with Crippen molar-refractivity contribution >= 4 is 40.8 Å². The number of unbranched alkanes of at least 4 members (excludes halogenated alkanes) is 2. The zero-order chi connectivity index (χ0) is 15.5. The second-order valence-corrected chi connectivity index (χ2v) is 7.23. The second-order valence-electron chi connectivity index (χ2n) is 6.01. The molecule has 0 spiro atoms. The van der Waals surface area contributed by atoms with Crippen LogP contribution in [0.4, 0.5) is 0 Å². The minimum atomic E-state index is -0.474. The van der Waals surface area contributed by atoms with E-state index in [1.165, 1.54) is 37.8 Å². The predicted octanol–water partition coefficient (Wildman–Crippen LogP) is 6.16. The molecule has 1 aliphatic rings. The van der Waals surface area contributed by atoms with Crippen LogP contribution in [0.15, 0.2) is 12.1 Å². The molecule has 1 aromatic rings. The summed E-state index contributed by atoms with van der Waals surface area (Å²) in [5.74, 6) is -0.474. The average Bonchev–Trinajstić information content (AvgIpc) is 3.15. The Morgan fingerprint density at radius 1 is 1.19 bits per heavy atom. The SMILES string of the molecule is CC1(CCCCCOC(=O)c2cc(Cl)cc(Cl)c2Cl)CC1. The standard InChI is InChI=1S/C16H19Cl3O2/c1-16(6-7-16)5-3-2-4-8-21-15(20)12-9-11(17)10-13(18)14(12)19/h9-10H,2-8H2,1H3. The van der Waals surface area contributed by atoms with Crippen molar-refractivity contribution in [2.24, 2.45) is 5.41 Å². The van der Waals surface area contributed by atoms with Gasteiger partial charge in [-0.05, 0) is 43.2 Å². The summed E-state index contributed by atoms with van der Waals surface area (Å²) in [5.41, 5.74) is 0.821. The van der Waals surface area contributed by atoms with Crippen LogP contribution < -0.4 is 0 Å². The van der Waals surface area contributed by atoms with Crippen LogP contribution in [0, 0.1) is 5.41 Å². The van der Waals surface area contributed by atoms with Gasteiger partial charge < -0.3 is 4.74 Å². The summed E-state index contributed by atoms with van der Waals surface area (Å²) in [6.45, 7) is 2.73. The Kier molecular flexibility index (Phi) is 5.81. The monoisotopic (exact) mass is 348 g/mol. The largest absolute Gasteiger partial charge is 0.462 e. The molecule has 0 aromatic heterocycles. The Balaban J connectivity index is 1.72. The Labute approximate surface area is 140 Å². The van der Waals surface area contributed by atoms with E-state index in [0.717, 1.165) is 12.8 Å². The Hall–Kier alpha value is -0.440. The molecular formula is C16H19Cl3O2. The summed E-state index contributed by atoms with van der Waals surface area (Å²) in [5, 5.41) is 0.815. The molecule has 1 aliphatic carbocycles. The van der Waals surface area contributed by atoms with Gasteiger partial charge in [-0.2, -0.15) is 0 Å². The Morgan fingerprint density at radius 3 is 2.57 bits per heavy atom. The zero-order valence-corrected chi connectivity index (χ0v) is 14.3. The summed E-state index contributed by atoms with van der Waals surface area (Å²) in [7, 11) is 0. The summed E-state index contributed by atoms with van der Waals surface area (Å²) in [6, 6.07) is 2.98. The highest BCUT2D eigenvalue weighted by molar-refractivity contribution is 6.45. The quantitative estimate of drug-likeness (QED) is 0.334. The van der Waals surface area contributed by atoms with Gasteiger partial charge >= 0.3 is 5.97 Å². The van der Waals surface area contributed by atoms with Gasteiger partial charge in [-0.3, -0.25) is 0 Å². The van der Waals surface area contributed by atoms with Crippen molar-refractivity contribution in [3.63, 3.8) is 0 Å². The molecule has 0 aliphatic heterocycles. The first-order valence-corrected chi connectivity index (χ1v) is 8.36. The van der Waals surface area contributed by atoms with Crippen molar-refractivity contribution in [2.75, 3.05) is 6.61 Å². The molecular weight excluding hydrogens is 331 g/mol. The fraction of sp³-hybridized carbons (Fsp3) is 0.562. The van der Waals surface area contributed by atoms with E-state index in [-0.39, 0.29) is 15.6 Å². The molecule has 5 heteroatoms. The minimum absolute atomic E-state index is 0.188. The predicted molar refractivity (Wildman–Crippen MR) is 87.6 cm³/mol. The summed E-state index contributed by atoms with van der Waals surface area (Å²) in [4.78, 5) is 11.9. The van der Waals surface area contributed by atoms with Crippen LogP contribution in [0.3, 0.4) is 0 Å². The number of carbonyl (C=O) groups is 1. The van der Waals surface area contributed by atoms with Gasteiger partial charge in [0.25, 0.3) is 0 Å². The van der Waals surface area contributed by atoms with Crippen molar-refractivity contribution in [1.82, 2.24) is 0 Å². The molecule has 1 aromatic carbocycles. The maximum Gasteiger partial charge on any atom is 0.339 e. The lowest BCUT2D eigenvalue weighted by Gasteiger charge is -2.09. The van der Waals surface area contributed by atoms with Gasteiger partial charge in [0.15, 0.2) is 0 Å². The number of carbonyl (C=O) groups excluding carboxylic acids is 1. The molecule has 0 bridgehead atoms. The number of esters is 1. The smallest absolute Gasteiger partial charge is 0.339 e. The van der Waals surface area contributed by atoms with E-state index in [1.54, 1.807) is 0 Å². The Morgan fingerprint density at radius 2 is 1.90 bits per heavy atom. The van der Waals surface area contributed by atoms with Gasteiger partial charge in [-0.1, -0.05) is 54.6 Å². The van der Waals surface area contributed by atoms with Crippen molar-refractivity contribution in [3.8, 4) is 0 Å². The molecule has 0 unspecified atom stereocenters. The number of hydrogen-bond acceptors (Lipinski definition) is 2. The highest BCUT2D eigenvalue weighted by atomic mass is 35.5. The molecule has 116 valence electrons. The molecule has 0 radical (unpaired) electrons. The highest BCUT2D eigenvalue weighted by Crippen LogP contribution is 2.49. The molecule has 0 saturated heterocycles. The third-order valence-corrected chi connectivity index (χ3v) is 4.99. The molecule has 2 rings (SSSR count). The molecule has 0 N–H and O–H groups in total. The maximum absolute atomic E-state index is 11.9. The normalized spacial score (nSPS) is 15.8. The van der Waals surface area contributed by atoms with E-state index in [1.807, 2.05) is 0 Å². The molecule has 1 saturated carbocycles. The Bertz CT molecular complexity index is 524. The van der Waals surface area contributed by atoms with Gasteiger partial charge in [0.05, 0.1) is 22.2 Å². The van der Waals surface area contributed by atoms with Crippen LogP contribution in [0.5, 0.6) is 0 Å².